The number of anilines is 2. The summed E-state index contributed by atoms with van der Waals surface area (Å²) >= 11 is 5.81. The lowest BCUT2D eigenvalue weighted by Crippen LogP contribution is -2.13. The molecule has 0 aliphatic carbocycles. The lowest BCUT2D eigenvalue weighted by molar-refractivity contribution is 0.601. The number of rotatable bonds is 3. The maximum atomic E-state index is 12.3. The van der Waals surface area contributed by atoms with Crippen LogP contribution >= 0.6 is 11.6 Å². The highest BCUT2D eigenvalue weighted by atomic mass is 35.5. The summed E-state index contributed by atoms with van der Waals surface area (Å²) in [4.78, 5) is 0.0634. The van der Waals surface area contributed by atoms with Crippen molar-refractivity contribution in [2.24, 2.45) is 0 Å². The average Bonchev–Trinajstić information content (AvgIpc) is 2.39. The molecule has 0 heterocycles. The van der Waals surface area contributed by atoms with E-state index in [1.807, 2.05) is 6.07 Å². The van der Waals surface area contributed by atoms with Gasteiger partial charge in [-0.2, -0.15) is 5.26 Å². The number of nitrogens with one attached hydrogen (secondary N) is 1. The van der Waals surface area contributed by atoms with Gasteiger partial charge in [-0.3, -0.25) is 4.72 Å². The van der Waals surface area contributed by atoms with Gasteiger partial charge in [0.2, 0.25) is 0 Å². The molecule has 0 aromatic heterocycles. The number of hydrogen-bond donors (Lipinski definition) is 2. The van der Waals surface area contributed by atoms with E-state index >= 15 is 0 Å². The van der Waals surface area contributed by atoms with E-state index in [9.17, 15) is 8.42 Å². The second kappa shape index (κ2) is 5.64. The summed E-state index contributed by atoms with van der Waals surface area (Å²) in [6.45, 7) is 1.76. The third kappa shape index (κ3) is 3.45. The van der Waals surface area contributed by atoms with Gasteiger partial charge in [0.25, 0.3) is 10.0 Å². The normalized spacial score (nSPS) is 10.9. The highest BCUT2D eigenvalue weighted by molar-refractivity contribution is 7.92. The average molecular weight is 322 g/mol. The number of aryl methyl sites for hydroxylation is 1. The molecule has 0 amide bonds. The van der Waals surface area contributed by atoms with Crippen LogP contribution in [0.25, 0.3) is 0 Å². The van der Waals surface area contributed by atoms with Crippen LogP contribution in [0.1, 0.15) is 11.1 Å². The first-order chi connectivity index (χ1) is 9.81. The number of nitrogens with zero attached hydrogens (tertiary/aromatic N) is 1. The summed E-state index contributed by atoms with van der Waals surface area (Å²) in [5.74, 6) is 0. The first-order valence-electron chi connectivity index (χ1n) is 5.91. The van der Waals surface area contributed by atoms with E-state index in [4.69, 9.17) is 22.6 Å². The van der Waals surface area contributed by atoms with E-state index in [2.05, 4.69) is 4.72 Å². The Morgan fingerprint density at radius 1 is 1.24 bits per heavy atom. The first kappa shape index (κ1) is 15.2. The number of nitrogen functional groups attached to an aromatic ring is 1. The molecule has 2 aromatic carbocycles. The molecule has 0 aliphatic heterocycles. The molecule has 2 rings (SSSR count). The van der Waals surface area contributed by atoms with Crippen molar-refractivity contribution in [2.45, 2.75) is 11.8 Å². The Balaban J connectivity index is 2.40. The third-order valence-corrected chi connectivity index (χ3v) is 4.41. The molecule has 7 heteroatoms. The summed E-state index contributed by atoms with van der Waals surface area (Å²) in [6, 6.07) is 10.8. The Kier molecular flexibility index (Phi) is 4.07. The van der Waals surface area contributed by atoms with E-state index < -0.39 is 10.0 Å². The molecule has 0 saturated heterocycles. The van der Waals surface area contributed by atoms with Crippen LogP contribution in [0.4, 0.5) is 11.4 Å². The fourth-order valence-electron chi connectivity index (χ4n) is 1.82. The summed E-state index contributed by atoms with van der Waals surface area (Å²) in [5, 5.41) is 9.17. The molecular formula is C14H12ClN3O2S. The van der Waals surface area contributed by atoms with Gasteiger partial charge in [-0.15, -0.1) is 0 Å². The minimum absolute atomic E-state index is 0.0634. The van der Waals surface area contributed by atoms with Crippen LogP contribution in [-0.4, -0.2) is 8.42 Å². The van der Waals surface area contributed by atoms with Crippen molar-refractivity contribution in [1.29, 1.82) is 5.26 Å². The van der Waals surface area contributed by atoms with Crippen molar-refractivity contribution in [3.63, 3.8) is 0 Å². The SMILES string of the molecule is Cc1cc(N)cc(S(=O)(=O)Nc2ccc(Cl)c(C#N)c2)c1. The molecule has 0 unspecified atom stereocenters. The first-order valence-corrected chi connectivity index (χ1v) is 7.77. The van der Waals surface area contributed by atoms with Crippen LogP contribution in [0.3, 0.4) is 0 Å². The number of nitriles is 1. The molecule has 0 atom stereocenters. The fraction of sp³-hybridized carbons (Fsp3) is 0.0714. The van der Waals surface area contributed by atoms with Crippen LogP contribution in [0.15, 0.2) is 41.3 Å². The zero-order valence-corrected chi connectivity index (χ0v) is 12.7. The molecule has 0 bridgehead atoms. The predicted molar refractivity (Wildman–Crippen MR) is 82.6 cm³/mol. The zero-order chi connectivity index (χ0) is 15.6. The lowest BCUT2D eigenvalue weighted by atomic mass is 10.2. The highest BCUT2D eigenvalue weighted by Crippen LogP contribution is 2.23. The summed E-state index contributed by atoms with van der Waals surface area (Å²) in [7, 11) is -3.78. The fourth-order valence-corrected chi connectivity index (χ4v) is 3.17. The van der Waals surface area contributed by atoms with E-state index in [0.717, 1.165) is 5.56 Å². The number of nitrogens with two attached hydrogens (primary N) is 1. The zero-order valence-electron chi connectivity index (χ0n) is 11.1. The van der Waals surface area contributed by atoms with Crippen LogP contribution in [-0.2, 0) is 10.0 Å². The van der Waals surface area contributed by atoms with E-state index in [-0.39, 0.29) is 21.2 Å². The highest BCUT2D eigenvalue weighted by Gasteiger charge is 2.16. The number of benzene rings is 2. The molecule has 21 heavy (non-hydrogen) atoms. The van der Waals surface area contributed by atoms with Gasteiger partial charge in [0, 0.05) is 5.69 Å². The van der Waals surface area contributed by atoms with E-state index in [0.29, 0.717) is 5.69 Å². The lowest BCUT2D eigenvalue weighted by Gasteiger charge is -2.10. The van der Waals surface area contributed by atoms with Crippen molar-refractivity contribution in [2.75, 3.05) is 10.5 Å². The minimum atomic E-state index is -3.78. The maximum absolute atomic E-state index is 12.3. The molecule has 0 aliphatic rings. The molecule has 0 fully saturated rings. The summed E-state index contributed by atoms with van der Waals surface area (Å²) in [5.41, 5.74) is 7.22. The molecule has 5 nitrogen and oxygen atoms in total. The largest absolute Gasteiger partial charge is 0.399 e. The second-order valence-electron chi connectivity index (χ2n) is 4.49. The van der Waals surface area contributed by atoms with Crippen molar-refractivity contribution in [3.05, 3.63) is 52.5 Å². The Morgan fingerprint density at radius 2 is 1.95 bits per heavy atom. The van der Waals surface area contributed by atoms with Crippen LogP contribution in [0.5, 0.6) is 0 Å². The van der Waals surface area contributed by atoms with Crippen LogP contribution in [0.2, 0.25) is 5.02 Å². The van der Waals surface area contributed by atoms with Crippen LogP contribution in [0, 0.1) is 18.3 Å². The summed E-state index contributed by atoms with van der Waals surface area (Å²) < 4.78 is 27.0. The van der Waals surface area contributed by atoms with Gasteiger partial charge in [-0.1, -0.05) is 11.6 Å². The Hall–Kier alpha value is -2.23. The molecule has 0 spiro atoms. The van der Waals surface area contributed by atoms with Gasteiger partial charge in [-0.25, -0.2) is 8.42 Å². The smallest absolute Gasteiger partial charge is 0.261 e. The van der Waals surface area contributed by atoms with Gasteiger partial charge in [0.1, 0.15) is 6.07 Å². The van der Waals surface area contributed by atoms with Gasteiger partial charge >= 0.3 is 0 Å². The van der Waals surface area contributed by atoms with Gasteiger partial charge in [0.15, 0.2) is 0 Å². The predicted octanol–water partition coefficient (Wildman–Crippen LogP) is 2.90. The van der Waals surface area contributed by atoms with Crippen LogP contribution < -0.4 is 10.5 Å². The molecule has 2 aromatic rings. The second-order valence-corrected chi connectivity index (χ2v) is 6.58. The third-order valence-electron chi connectivity index (χ3n) is 2.72. The Labute approximate surface area is 128 Å². The molecule has 0 radical (unpaired) electrons. The topological polar surface area (TPSA) is 96.0 Å². The number of hydrogen-bond acceptors (Lipinski definition) is 4. The molecule has 0 saturated carbocycles. The van der Waals surface area contributed by atoms with Crippen molar-refractivity contribution >= 4 is 33.0 Å². The van der Waals surface area contributed by atoms with Gasteiger partial charge < -0.3 is 5.73 Å². The number of halogens is 1. The molecule has 3 N–H and O–H groups in total. The molecule has 108 valence electrons. The van der Waals surface area contributed by atoms with E-state index in [1.54, 1.807) is 13.0 Å². The van der Waals surface area contributed by atoms with Crippen molar-refractivity contribution in [1.82, 2.24) is 0 Å². The monoisotopic (exact) mass is 321 g/mol. The Bertz CT molecular complexity index is 822. The van der Waals surface area contributed by atoms with Gasteiger partial charge in [0.05, 0.1) is 21.2 Å². The summed E-state index contributed by atoms with van der Waals surface area (Å²) in [6.07, 6.45) is 0. The van der Waals surface area contributed by atoms with Crippen molar-refractivity contribution < 1.29 is 8.42 Å². The number of sulfonamides is 1. The minimum Gasteiger partial charge on any atom is -0.399 e. The maximum Gasteiger partial charge on any atom is 0.261 e. The molecular weight excluding hydrogens is 310 g/mol. The quantitative estimate of drug-likeness (QED) is 0.849. The Morgan fingerprint density at radius 3 is 2.57 bits per heavy atom. The van der Waals surface area contributed by atoms with E-state index in [1.165, 1.54) is 30.3 Å². The standard InChI is InChI=1S/C14H12ClN3O2S/c1-9-4-11(17)7-13(5-9)21(19,20)18-12-2-3-14(15)10(6-12)8-16/h2-7,18H,17H2,1H3. The van der Waals surface area contributed by atoms with Gasteiger partial charge in [-0.05, 0) is 48.9 Å². The van der Waals surface area contributed by atoms with Crippen molar-refractivity contribution in [3.8, 4) is 6.07 Å².